The quantitative estimate of drug-likeness (QED) is 0.690. The molecule has 0 aliphatic heterocycles. The second-order valence-corrected chi connectivity index (χ2v) is 5.77. The van der Waals surface area contributed by atoms with Gasteiger partial charge in [0.1, 0.15) is 6.07 Å². The zero-order valence-corrected chi connectivity index (χ0v) is 13.9. The lowest BCUT2D eigenvalue weighted by Gasteiger charge is -2.11. The molecule has 3 rings (SSSR count). The Balaban J connectivity index is 1.93. The third-order valence-electron chi connectivity index (χ3n) is 4.09. The van der Waals surface area contributed by atoms with Gasteiger partial charge in [-0.25, -0.2) is 9.50 Å². The summed E-state index contributed by atoms with van der Waals surface area (Å²) in [7, 11) is 0. The van der Waals surface area contributed by atoms with E-state index in [-0.39, 0.29) is 12.4 Å². The summed E-state index contributed by atoms with van der Waals surface area (Å²) in [6.07, 6.45) is -0.00754. The number of nitriles is 1. The molecule has 0 bridgehead atoms. The molecular formula is C18H18N4O2. The van der Waals surface area contributed by atoms with E-state index in [4.69, 9.17) is 10.00 Å². The van der Waals surface area contributed by atoms with Gasteiger partial charge in [-0.05, 0) is 44.9 Å². The lowest BCUT2D eigenvalue weighted by Crippen LogP contribution is -2.14. The number of carbonyl (C=O) groups is 1. The summed E-state index contributed by atoms with van der Waals surface area (Å²) in [5.41, 5.74) is 4.55. The van der Waals surface area contributed by atoms with Gasteiger partial charge in [0.15, 0.2) is 11.8 Å². The third kappa shape index (κ3) is 2.81. The van der Waals surface area contributed by atoms with Gasteiger partial charge in [0, 0.05) is 23.2 Å². The highest BCUT2D eigenvalue weighted by atomic mass is 16.5. The van der Waals surface area contributed by atoms with Crippen LogP contribution in [0, 0.1) is 25.2 Å². The fourth-order valence-electron chi connectivity index (χ4n) is 2.85. The highest BCUT2D eigenvalue weighted by Gasteiger charge is 2.16. The van der Waals surface area contributed by atoms with Crippen LogP contribution >= 0.6 is 0 Å². The van der Waals surface area contributed by atoms with Gasteiger partial charge in [-0.1, -0.05) is 12.1 Å². The van der Waals surface area contributed by atoms with E-state index in [9.17, 15) is 4.79 Å². The molecule has 1 atom stereocenters. The Bertz CT molecular complexity index is 968. The Kier molecular flexibility index (Phi) is 4.17. The van der Waals surface area contributed by atoms with Crippen LogP contribution < -0.4 is 0 Å². The van der Waals surface area contributed by atoms with Crippen LogP contribution in [0.4, 0.5) is 0 Å². The fourth-order valence-corrected chi connectivity index (χ4v) is 2.85. The Morgan fingerprint density at radius 1 is 1.38 bits per heavy atom. The molecule has 0 saturated carbocycles. The first-order chi connectivity index (χ1) is 11.5. The standard InChI is InChI=1S/C18H18N4O2/c1-11(10-19)24-17(23)9-8-14-12(2)20-18-15-6-4-5-7-16(15)21-22(18)13(14)3/h4-7,11H,8-9H2,1-3H3. The number of ether oxygens (including phenoxy) is 1. The van der Waals surface area contributed by atoms with Gasteiger partial charge in [-0.15, -0.1) is 0 Å². The predicted molar refractivity (Wildman–Crippen MR) is 89.5 cm³/mol. The van der Waals surface area contributed by atoms with Crippen molar-refractivity contribution in [3.8, 4) is 6.07 Å². The maximum atomic E-state index is 11.8. The summed E-state index contributed by atoms with van der Waals surface area (Å²) >= 11 is 0. The molecule has 3 aromatic rings. The Morgan fingerprint density at radius 3 is 2.88 bits per heavy atom. The number of hydrogen-bond donors (Lipinski definition) is 0. The van der Waals surface area contributed by atoms with Gasteiger partial charge >= 0.3 is 5.97 Å². The van der Waals surface area contributed by atoms with Crippen molar-refractivity contribution in [3.05, 3.63) is 41.2 Å². The first-order valence-corrected chi connectivity index (χ1v) is 7.84. The molecule has 122 valence electrons. The number of esters is 1. The molecule has 2 aromatic heterocycles. The lowest BCUT2D eigenvalue weighted by molar-refractivity contribution is -0.145. The SMILES string of the molecule is Cc1nc2c3ccccc3nn2c(C)c1CCC(=O)OC(C)C#N. The summed E-state index contributed by atoms with van der Waals surface area (Å²) in [6, 6.07) is 9.77. The molecular weight excluding hydrogens is 304 g/mol. The minimum Gasteiger partial charge on any atom is -0.447 e. The van der Waals surface area contributed by atoms with Crippen molar-refractivity contribution < 1.29 is 9.53 Å². The van der Waals surface area contributed by atoms with E-state index in [1.807, 2.05) is 48.7 Å². The molecule has 1 aromatic carbocycles. The first kappa shape index (κ1) is 15.9. The normalized spacial score (nSPS) is 12.2. The molecule has 0 amide bonds. The van der Waals surface area contributed by atoms with E-state index in [1.54, 1.807) is 6.92 Å². The molecule has 0 spiro atoms. The topological polar surface area (TPSA) is 80.3 Å². The fraction of sp³-hybridized carbons (Fsp3) is 0.333. The molecule has 0 radical (unpaired) electrons. The number of nitrogens with zero attached hydrogens (tertiary/aromatic N) is 4. The van der Waals surface area contributed by atoms with Crippen LogP contribution in [0.5, 0.6) is 0 Å². The minimum absolute atomic E-state index is 0.210. The number of aryl methyl sites for hydroxylation is 2. The van der Waals surface area contributed by atoms with Crippen molar-refractivity contribution in [1.82, 2.24) is 14.6 Å². The average molecular weight is 322 g/mol. The average Bonchev–Trinajstić information content (AvgIpc) is 2.93. The summed E-state index contributed by atoms with van der Waals surface area (Å²) in [5.74, 6) is -0.381. The molecule has 1 unspecified atom stereocenters. The maximum absolute atomic E-state index is 11.8. The zero-order valence-electron chi connectivity index (χ0n) is 13.9. The smallest absolute Gasteiger partial charge is 0.307 e. The molecule has 0 N–H and O–H groups in total. The van der Waals surface area contributed by atoms with E-state index in [0.29, 0.717) is 6.42 Å². The Labute approximate surface area is 139 Å². The van der Waals surface area contributed by atoms with E-state index < -0.39 is 6.10 Å². The van der Waals surface area contributed by atoms with E-state index in [0.717, 1.165) is 33.5 Å². The molecule has 24 heavy (non-hydrogen) atoms. The van der Waals surface area contributed by atoms with E-state index >= 15 is 0 Å². The van der Waals surface area contributed by atoms with Crippen molar-refractivity contribution >= 4 is 22.5 Å². The highest BCUT2D eigenvalue weighted by molar-refractivity contribution is 5.92. The summed E-state index contributed by atoms with van der Waals surface area (Å²) in [5, 5.41) is 14.3. The maximum Gasteiger partial charge on any atom is 0.307 e. The zero-order chi connectivity index (χ0) is 17.3. The van der Waals surface area contributed by atoms with E-state index in [2.05, 4.69) is 10.1 Å². The lowest BCUT2D eigenvalue weighted by atomic mass is 10.1. The van der Waals surface area contributed by atoms with Crippen molar-refractivity contribution in [3.63, 3.8) is 0 Å². The van der Waals surface area contributed by atoms with Crippen LogP contribution in [0.3, 0.4) is 0 Å². The number of hydrogen-bond acceptors (Lipinski definition) is 5. The molecule has 2 heterocycles. The largest absolute Gasteiger partial charge is 0.447 e. The molecule has 0 aliphatic rings. The predicted octanol–water partition coefficient (Wildman–Crippen LogP) is 2.89. The van der Waals surface area contributed by atoms with Gasteiger partial charge < -0.3 is 4.74 Å². The number of fused-ring (bicyclic) bond motifs is 3. The number of aromatic nitrogens is 3. The molecule has 0 aliphatic carbocycles. The van der Waals surface area contributed by atoms with Crippen molar-refractivity contribution in [1.29, 1.82) is 5.26 Å². The van der Waals surface area contributed by atoms with Crippen LogP contribution in [0.2, 0.25) is 0 Å². The Morgan fingerprint density at radius 2 is 2.12 bits per heavy atom. The van der Waals surface area contributed by atoms with Crippen molar-refractivity contribution in [2.24, 2.45) is 0 Å². The third-order valence-corrected chi connectivity index (χ3v) is 4.09. The van der Waals surface area contributed by atoms with Gasteiger partial charge in [0.05, 0.1) is 5.52 Å². The number of benzene rings is 1. The second kappa shape index (κ2) is 6.28. The highest BCUT2D eigenvalue weighted by Crippen LogP contribution is 2.23. The Hall–Kier alpha value is -2.94. The van der Waals surface area contributed by atoms with Gasteiger partial charge in [0.25, 0.3) is 0 Å². The van der Waals surface area contributed by atoms with E-state index in [1.165, 1.54) is 0 Å². The van der Waals surface area contributed by atoms with Crippen LogP contribution in [-0.4, -0.2) is 26.7 Å². The number of carbonyl (C=O) groups excluding carboxylic acids is 1. The molecule has 0 saturated heterocycles. The molecule has 6 nitrogen and oxygen atoms in total. The first-order valence-electron chi connectivity index (χ1n) is 7.84. The molecule has 0 fully saturated rings. The number of rotatable bonds is 4. The van der Waals surface area contributed by atoms with Crippen LogP contribution in [0.25, 0.3) is 16.6 Å². The van der Waals surface area contributed by atoms with Crippen LogP contribution in [0.15, 0.2) is 24.3 Å². The monoisotopic (exact) mass is 322 g/mol. The van der Waals surface area contributed by atoms with Gasteiger partial charge in [-0.3, -0.25) is 4.79 Å². The van der Waals surface area contributed by atoms with Gasteiger partial charge in [0.2, 0.25) is 0 Å². The summed E-state index contributed by atoms with van der Waals surface area (Å²) < 4.78 is 6.82. The molecule has 6 heteroatoms. The van der Waals surface area contributed by atoms with Crippen molar-refractivity contribution in [2.75, 3.05) is 0 Å². The van der Waals surface area contributed by atoms with Crippen LogP contribution in [-0.2, 0) is 16.0 Å². The van der Waals surface area contributed by atoms with Crippen molar-refractivity contribution in [2.45, 2.75) is 39.7 Å². The summed E-state index contributed by atoms with van der Waals surface area (Å²) in [6.45, 7) is 5.47. The van der Waals surface area contributed by atoms with Crippen LogP contribution in [0.1, 0.15) is 30.3 Å². The second-order valence-electron chi connectivity index (χ2n) is 5.77. The van der Waals surface area contributed by atoms with Gasteiger partial charge in [-0.2, -0.15) is 10.4 Å². The minimum atomic E-state index is -0.725. The summed E-state index contributed by atoms with van der Waals surface area (Å²) in [4.78, 5) is 16.5.